The Labute approximate surface area is 127 Å². The first-order chi connectivity index (χ1) is 9.69. The number of hydrogen-bond donors (Lipinski definition) is 1. The molecule has 0 spiro atoms. The van der Waals surface area contributed by atoms with Gasteiger partial charge in [-0.1, -0.05) is 27.2 Å². The van der Waals surface area contributed by atoms with Crippen molar-refractivity contribution in [3.8, 4) is 0 Å². The lowest BCUT2D eigenvalue weighted by molar-refractivity contribution is 0.113. The van der Waals surface area contributed by atoms with Crippen molar-refractivity contribution in [3.63, 3.8) is 0 Å². The third-order valence-electron chi connectivity index (χ3n) is 4.12. The Hall–Kier alpha value is -0.120. The molecule has 122 valence electrons. The van der Waals surface area contributed by atoms with Crippen LogP contribution >= 0.6 is 0 Å². The monoisotopic (exact) mass is 286 g/mol. The van der Waals surface area contributed by atoms with Gasteiger partial charge in [0.05, 0.1) is 6.61 Å². The zero-order chi connectivity index (χ0) is 15.2. The van der Waals surface area contributed by atoms with Crippen LogP contribution in [0.15, 0.2) is 0 Å². The molecule has 0 amide bonds. The maximum atomic E-state index is 5.25. The Balaban J connectivity index is 3.88. The molecule has 0 aliphatic rings. The van der Waals surface area contributed by atoms with E-state index in [9.17, 15) is 0 Å². The Morgan fingerprint density at radius 2 is 1.75 bits per heavy atom. The van der Waals surface area contributed by atoms with Crippen LogP contribution in [0.2, 0.25) is 0 Å². The van der Waals surface area contributed by atoms with Gasteiger partial charge < -0.3 is 10.1 Å². The second-order valence-electron chi connectivity index (χ2n) is 5.85. The molecule has 0 saturated carbocycles. The van der Waals surface area contributed by atoms with Gasteiger partial charge in [0.1, 0.15) is 0 Å². The molecular formula is C17H38N2O. The van der Waals surface area contributed by atoms with Crippen molar-refractivity contribution in [1.82, 2.24) is 10.2 Å². The molecule has 0 fully saturated rings. The molecule has 0 aromatic carbocycles. The minimum atomic E-state index is 0.663. The van der Waals surface area contributed by atoms with E-state index in [0.29, 0.717) is 6.04 Å². The Morgan fingerprint density at radius 3 is 2.30 bits per heavy atom. The van der Waals surface area contributed by atoms with E-state index in [-0.39, 0.29) is 0 Å². The molecule has 1 unspecified atom stereocenters. The first kappa shape index (κ1) is 19.9. The third kappa shape index (κ3) is 9.73. The number of hydrogen-bond acceptors (Lipinski definition) is 3. The summed E-state index contributed by atoms with van der Waals surface area (Å²) in [5, 5.41) is 3.57. The molecule has 0 bridgehead atoms. The van der Waals surface area contributed by atoms with Crippen LogP contribution in [0, 0.1) is 0 Å². The maximum absolute atomic E-state index is 5.25. The fourth-order valence-electron chi connectivity index (χ4n) is 2.75. The van der Waals surface area contributed by atoms with E-state index in [1.54, 1.807) is 7.11 Å². The summed E-state index contributed by atoms with van der Waals surface area (Å²) in [5.41, 5.74) is 0. The average molecular weight is 287 g/mol. The van der Waals surface area contributed by atoms with Gasteiger partial charge in [-0.3, -0.25) is 4.90 Å². The summed E-state index contributed by atoms with van der Waals surface area (Å²) in [6.45, 7) is 13.4. The van der Waals surface area contributed by atoms with Crippen molar-refractivity contribution in [2.24, 2.45) is 0 Å². The van der Waals surface area contributed by atoms with Crippen LogP contribution in [0.1, 0.15) is 66.2 Å². The molecular weight excluding hydrogens is 248 g/mol. The second kappa shape index (κ2) is 13.8. The highest BCUT2D eigenvalue weighted by molar-refractivity contribution is 4.70. The fourth-order valence-corrected chi connectivity index (χ4v) is 2.75. The van der Waals surface area contributed by atoms with Gasteiger partial charge in [-0.25, -0.2) is 0 Å². The van der Waals surface area contributed by atoms with Crippen LogP contribution in [-0.4, -0.2) is 50.3 Å². The van der Waals surface area contributed by atoms with Gasteiger partial charge in [-0.2, -0.15) is 0 Å². The van der Waals surface area contributed by atoms with E-state index in [1.807, 2.05) is 0 Å². The predicted octanol–water partition coefficient (Wildman–Crippen LogP) is 3.68. The van der Waals surface area contributed by atoms with Gasteiger partial charge >= 0.3 is 0 Å². The average Bonchev–Trinajstić information content (AvgIpc) is 2.47. The first-order valence-electron chi connectivity index (χ1n) is 8.65. The minimum absolute atomic E-state index is 0.663. The van der Waals surface area contributed by atoms with Crippen molar-refractivity contribution in [1.29, 1.82) is 0 Å². The largest absolute Gasteiger partial charge is 0.383 e. The molecule has 3 nitrogen and oxygen atoms in total. The van der Waals surface area contributed by atoms with Gasteiger partial charge in [0.25, 0.3) is 0 Å². The molecule has 20 heavy (non-hydrogen) atoms. The number of rotatable bonds is 14. The van der Waals surface area contributed by atoms with Crippen LogP contribution in [-0.2, 0) is 4.74 Å². The van der Waals surface area contributed by atoms with Crippen LogP contribution in [0.25, 0.3) is 0 Å². The number of nitrogens with one attached hydrogen (secondary N) is 1. The van der Waals surface area contributed by atoms with Crippen molar-refractivity contribution in [2.75, 3.05) is 33.4 Å². The Morgan fingerprint density at radius 1 is 1.05 bits per heavy atom. The molecule has 1 atom stereocenters. The summed E-state index contributed by atoms with van der Waals surface area (Å²) < 4.78 is 5.25. The molecule has 0 radical (unpaired) electrons. The van der Waals surface area contributed by atoms with E-state index in [1.165, 1.54) is 45.1 Å². The van der Waals surface area contributed by atoms with E-state index in [2.05, 4.69) is 37.9 Å². The number of nitrogens with zero attached hydrogens (tertiary/aromatic N) is 1. The van der Waals surface area contributed by atoms with Crippen LogP contribution < -0.4 is 5.32 Å². The second-order valence-corrected chi connectivity index (χ2v) is 5.85. The molecule has 1 N–H and O–H groups in total. The minimum Gasteiger partial charge on any atom is -0.383 e. The smallest absolute Gasteiger partial charge is 0.0589 e. The lowest BCUT2D eigenvalue weighted by Gasteiger charge is -2.30. The van der Waals surface area contributed by atoms with Gasteiger partial charge in [-0.05, 0) is 52.1 Å². The normalized spacial score (nSPS) is 13.3. The zero-order valence-electron chi connectivity index (χ0n) is 14.6. The van der Waals surface area contributed by atoms with Crippen LogP contribution in [0.4, 0.5) is 0 Å². The predicted molar refractivity (Wildman–Crippen MR) is 89.4 cm³/mol. The molecule has 0 heterocycles. The topological polar surface area (TPSA) is 24.5 Å². The van der Waals surface area contributed by atoms with Gasteiger partial charge in [0, 0.05) is 25.7 Å². The number of methoxy groups -OCH3 is 1. The number of ether oxygens (including phenoxy) is 1. The zero-order valence-corrected chi connectivity index (χ0v) is 14.6. The van der Waals surface area contributed by atoms with Crippen LogP contribution in [0.3, 0.4) is 0 Å². The van der Waals surface area contributed by atoms with E-state index >= 15 is 0 Å². The van der Waals surface area contributed by atoms with E-state index in [0.717, 1.165) is 25.7 Å². The Bertz CT molecular complexity index is 195. The highest BCUT2D eigenvalue weighted by Crippen LogP contribution is 2.11. The highest BCUT2D eigenvalue weighted by Gasteiger charge is 2.14. The molecule has 3 heteroatoms. The summed E-state index contributed by atoms with van der Waals surface area (Å²) in [5.74, 6) is 0. The molecule has 0 rings (SSSR count). The molecule has 0 aliphatic heterocycles. The SMILES string of the molecule is CCCNC(C)CCCCN(CCOC)C(CC)CC. The van der Waals surface area contributed by atoms with Crippen molar-refractivity contribution >= 4 is 0 Å². The van der Waals surface area contributed by atoms with Crippen molar-refractivity contribution in [3.05, 3.63) is 0 Å². The van der Waals surface area contributed by atoms with Gasteiger partial charge in [0.15, 0.2) is 0 Å². The van der Waals surface area contributed by atoms with Gasteiger partial charge in [-0.15, -0.1) is 0 Å². The highest BCUT2D eigenvalue weighted by atomic mass is 16.5. The lowest BCUT2D eigenvalue weighted by Crippen LogP contribution is -2.37. The van der Waals surface area contributed by atoms with Crippen molar-refractivity contribution < 1.29 is 4.74 Å². The standard InChI is InChI=1S/C17H38N2O/c1-6-12-18-16(4)11-9-10-13-19(14-15-20-5)17(7-2)8-3/h16-18H,6-15H2,1-5H3. The molecule has 0 saturated heterocycles. The third-order valence-corrected chi connectivity index (χ3v) is 4.12. The molecule has 0 aromatic heterocycles. The van der Waals surface area contributed by atoms with E-state index < -0.39 is 0 Å². The van der Waals surface area contributed by atoms with Crippen LogP contribution in [0.5, 0.6) is 0 Å². The Kier molecular flexibility index (Phi) is 13.8. The molecule has 0 aromatic rings. The number of unbranched alkanes of at least 4 members (excludes halogenated alkanes) is 1. The van der Waals surface area contributed by atoms with E-state index in [4.69, 9.17) is 4.74 Å². The lowest BCUT2D eigenvalue weighted by atomic mass is 10.1. The summed E-state index contributed by atoms with van der Waals surface area (Å²) in [6.07, 6.45) is 7.63. The quantitative estimate of drug-likeness (QED) is 0.493. The summed E-state index contributed by atoms with van der Waals surface area (Å²) in [4.78, 5) is 2.62. The molecule has 0 aliphatic carbocycles. The fraction of sp³-hybridized carbons (Fsp3) is 1.00. The summed E-state index contributed by atoms with van der Waals surface area (Å²) in [6, 6.07) is 1.39. The van der Waals surface area contributed by atoms with Crippen molar-refractivity contribution in [2.45, 2.75) is 78.3 Å². The first-order valence-corrected chi connectivity index (χ1v) is 8.65. The summed E-state index contributed by atoms with van der Waals surface area (Å²) in [7, 11) is 1.80. The summed E-state index contributed by atoms with van der Waals surface area (Å²) >= 11 is 0. The maximum Gasteiger partial charge on any atom is 0.0589 e. The van der Waals surface area contributed by atoms with Gasteiger partial charge in [0.2, 0.25) is 0 Å².